The molecule has 0 atom stereocenters. The lowest BCUT2D eigenvalue weighted by Crippen LogP contribution is -2.36. The number of rotatable bonds is 4. The first kappa shape index (κ1) is 15.9. The smallest absolute Gasteiger partial charge is 0.236 e. The number of hydrogen-bond donors (Lipinski definition) is 0. The van der Waals surface area contributed by atoms with Crippen LogP contribution in [-0.4, -0.2) is 26.6 Å². The van der Waals surface area contributed by atoms with Gasteiger partial charge < -0.3 is 4.52 Å². The Balaban J connectivity index is 1.68. The molecular weight excluding hydrogens is 318 g/mol. The first-order valence-corrected chi connectivity index (χ1v) is 9.81. The van der Waals surface area contributed by atoms with Crippen LogP contribution < -0.4 is 0 Å². The average molecular weight is 341 g/mol. The van der Waals surface area contributed by atoms with Crippen molar-refractivity contribution < 1.29 is 4.52 Å². The van der Waals surface area contributed by atoms with Crippen LogP contribution in [0.4, 0.5) is 0 Å². The number of pyridine rings is 1. The minimum absolute atomic E-state index is 0.0857. The zero-order chi connectivity index (χ0) is 16.6. The van der Waals surface area contributed by atoms with Gasteiger partial charge in [-0.3, -0.25) is 4.98 Å². The maximum Gasteiger partial charge on any atom is 0.236 e. The third-order valence-electron chi connectivity index (χ3n) is 5.59. The SMILES string of the molecule is CC(C)(C1=CCSCC1)c1nc(C2(c3ccncc3)CCC2)no1. The molecule has 1 saturated carbocycles. The molecule has 2 aromatic rings. The summed E-state index contributed by atoms with van der Waals surface area (Å²) in [7, 11) is 0. The molecule has 4 nitrogen and oxygen atoms in total. The molecule has 0 unspecified atom stereocenters. The summed E-state index contributed by atoms with van der Waals surface area (Å²) < 4.78 is 5.76. The highest BCUT2D eigenvalue weighted by Gasteiger charge is 2.45. The van der Waals surface area contributed by atoms with Gasteiger partial charge in [0.25, 0.3) is 0 Å². The van der Waals surface area contributed by atoms with Gasteiger partial charge in [0.15, 0.2) is 5.82 Å². The van der Waals surface area contributed by atoms with E-state index in [0.29, 0.717) is 0 Å². The molecular formula is C19H23N3OS. The van der Waals surface area contributed by atoms with E-state index in [4.69, 9.17) is 9.51 Å². The van der Waals surface area contributed by atoms with E-state index in [-0.39, 0.29) is 10.8 Å². The summed E-state index contributed by atoms with van der Waals surface area (Å²) >= 11 is 1.98. The Hall–Kier alpha value is -1.62. The van der Waals surface area contributed by atoms with E-state index >= 15 is 0 Å². The van der Waals surface area contributed by atoms with Gasteiger partial charge in [-0.1, -0.05) is 23.2 Å². The van der Waals surface area contributed by atoms with Crippen LogP contribution in [0.3, 0.4) is 0 Å². The number of nitrogens with zero attached hydrogens (tertiary/aromatic N) is 3. The predicted molar refractivity (Wildman–Crippen MR) is 96.2 cm³/mol. The summed E-state index contributed by atoms with van der Waals surface area (Å²) in [5.41, 5.74) is 2.40. The second kappa shape index (κ2) is 6.03. The van der Waals surface area contributed by atoms with Crippen molar-refractivity contribution in [1.82, 2.24) is 15.1 Å². The minimum Gasteiger partial charge on any atom is -0.338 e. The molecule has 5 heteroatoms. The van der Waals surface area contributed by atoms with Crippen molar-refractivity contribution in [3.8, 4) is 0 Å². The van der Waals surface area contributed by atoms with Gasteiger partial charge in [-0.05, 0) is 56.6 Å². The Kier molecular flexibility index (Phi) is 3.99. The second-order valence-electron chi connectivity index (χ2n) is 7.27. The Morgan fingerprint density at radius 2 is 2.00 bits per heavy atom. The minimum atomic E-state index is -0.185. The lowest BCUT2D eigenvalue weighted by atomic mass is 9.64. The van der Waals surface area contributed by atoms with Gasteiger partial charge in [0.2, 0.25) is 5.89 Å². The van der Waals surface area contributed by atoms with Crippen LogP contribution in [0, 0.1) is 0 Å². The summed E-state index contributed by atoms with van der Waals surface area (Å²) in [5, 5.41) is 4.41. The van der Waals surface area contributed by atoms with Crippen molar-refractivity contribution >= 4 is 11.8 Å². The van der Waals surface area contributed by atoms with Gasteiger partial charge in [0.1, 0.15) is 0 Å². The van der Waals surface area contributed by atoms with Crippen LogP contribution in [-0.2, 0) is 10.8 Å². The molecule has 3 heterocycles. The molecule has 2 aromatic heterocycles. The Labute approximate surface area is 147 Å². The van der Waals surface area contributed by atoms with E-state index in [1.54, 1.807) is 0 Å². The topological polar surface area (TPSA) is 51.8 Å². The van der Waals surface area contributed by atoms with Gasteiger partial charge >= 0.3 is 0 Å². The standard InChI is InChI=1S/C19H23N3OS/c1-18(2,14-6-12-24-13-7-14)17-21-16(22-23-17)19(8-3-9-19)15-4-10-20-11-5-15/h4-6,10-11H,3,7-9,12-13H2,1-2H3. The normalized spacial score (nSPS) is 20.3. The summed E-state index contributed by atoms with van der Waals surface area (Å²) in [6, 6.07) is 4.17. The third kappa shape index (κ3) is 2.50. The maximum atomic E-state index is 5.76. The van der Waals surface area contributed by atoms with Crippen LogP contribution in [0.5, 0.6) is 0 Å². The largest absolute Gasteiger partial charge is 0.338 e. The summed E-state index contributed by atoms with van der Waals surface area (Å²) in [5.74, 6) is 3.85. The maximum absolute atomic E-state index is 5.76. The van der Waals surface area contributed by atoms with Crippen molar-refractivity contribution in [2.45, 2.75) is 50.4 Å². The van der Waals surface area contributed by atoms with E-state index < -0.39 is 0 Å². The van der Waals surface area contributed by atoms with Crippen molar-refractivity contribution in [1.29, 1.82) is 0 Å². The van der Waals surface area contributed by atoms with Crippen LogP contribution >= 0.6 is 11.8 Å². The predicted octanol–water partition coefficient (Wildman–Crippen LogP) is 4.28. The lowest BCUT2D eigenvalue weighted by molar-refractivity contribution is 0.267. The quantitative estimate of drug-likeness (QED) is 0.777. The van der Waals surface area contributed by atoms with Crippen molar-refractivity contribution in [2.24, 2.45) is 0 Å². The summed E-state index contributed by atoms with van der Waals surface area (Å²) in [6.45, 7) is 4.40. The number of hydrogen-bond acceptors (Lipinski definition) is 5. The van der Waals surface area contributed by atoms with Crippen LogP contribution in [0.2, 0.25) is 0 Å². The molecule has 0 N–H and O–H groups in total. The van der Waals surface area contributed by atoms with E-state index in [0.717, 1.165) is 36.7 Å². The summed E-state index contributed by atoms with van der Waals surface area (Å²) in [6.07, 6.45) is 10.5. The molecule has 4 rings (SSSR count). The molecule has 0 amide bonds. The number of thioether (sulfide) groups is 1. The van der Waals surface area contributed by atoms with Crippen LogP contribution in [0.15, 0.2) is 40.7 Å². The molecule has 24 heavy (non-hydrogen) atoms. The molecule has 0 radical (unpaired) electrons. The summed E-state index contributed by atoms with van der Waals surface area (Å²) in [4.78, 5) is 9.02. The number of allylic oxidation sites excluding steroid dienone is 1. The molecule has 2 aliphatic rings. The van der Waals surface area contributed by atoms with Crippen LogP contribution in [0.1, 0.15) is 56.8 Å². The van der Waals surface area contributed by atoms with Crippen molar-refractivity contribution in [3.63, 3.8) is 0 Å². The highest BCUT2D eigenvalue weighted by Crippen LogP contribution is 2.48. The second-order valence-corrected chi connectivity index (χ2v) is 8.42. The van der Waals surface area contributed by atoms with Crippen molar-refractivity contribution in [2.75, 3.05) is 11.5 Å². The molecule has 1 fully saturated rings. The Bertz CT molecular complexity index is 747. The molecule has 1 aliphatic heterocycles. The average Bonchev–Trinajstić information content (AvgIpc) is 3.07. The van der Waals surface area contributed by atoms with E-state index in [2.05, 4.69) is 42.2 Å². The molecule has 0 spiro atoms. The first-order valence-electron chi connectivity index (χ1n) is 8.65. The Morgan fingerprint density at radius 3 is 2.62 bits per heavy atom. The zero-order valence-corrected chi connectivity index (χ0v) is 15.1. The van der Waals surface area contributed by atoms with Gasteiger partial charge in [-0.15, -0.1) is 0 Å². The third-order valence-corrected chi connectivity index (χ3v) is 6.49. The number of aromatic nitrogens is 3. The zero-order valence-electron chi connectivity index (χ0n) is 14.3. The fourth-order valence-corrected chi connectivity index (χ4v) is 4.60. The molecule has 0 aromatic carbocycles. The molecule has 1 aliphatic carbocycles. The highest BCUT2D eigenvalue weighted by atomic mass is 32.2. The fraction of sp³-hybridized carbons (Fsp3) is 0.526. The fourth-order valence-electron chi connectivity index (χ4n) is 3.75. The first-order chi connectivity index (χ1) is 11.6. The molecule has 126 valence electrons. The highest BCUT2D eigenvalue weighted by molar-refractivity contribution is 7.99. The van der Waals surface area contributed by atoms with E-state index in [1.807, 2.05) is 24.2 Å². The van der Waals surface area contributed by atoms with Gasteiger partial charge in [0.05, 0.1) is 10.8 Å². The van der Waals surface area contributed by atoms with Crippen molar-refractivity contribution in [3.05, 3.63) is 53.5 Å². The van der Waals surface area contributed by atoms with Gasteiger partial charge in [-0.2, -0.15) is 16.7 Å². The molecule has 0 saturated heterocycles. The van der Waals surface area contributed by atoms with Gasteiger partial charge in [0, 0.05) is 18.1 Å². The lowest BCUT2D eigenvalue weighted by Gasteiger charge is -2.39. The monoisotopic (exact) mass is 341 g/mol. The van der Waals surface area contributed by atoms with Crippen LogP contribution in [0.25, 0.3) is 0 Å². The molecule has 0 bridgehead atoms. The van der Waals surface area contributed by atoms with E-state index in [9.17, 15) is 0 Å². The van der Waals surface area contributed by atoms with E-state index in [1.165, 1.54) is 23.3 Å². The Morgan fingerprint density at radius 1 is 1.21 bits per heavy atom. The van der Waals surface area contributed by atoms with Gasteiger partial charge in [-0.25, -0.2) is 0 Å².